The number of carbonyl (C=O) groups excluding carboxylic acids is 3. The molecule has 0 unspecified atom stereocenters. The number of ether oxygens (including phenoxy) is 2. The van der Waals surface area contributed by atoms with E-state index in [1.807, 2.05) is 43.3 Å². The molecule has 3 aromatic carbocycles. The number of allylic oxidation sites excluding steroid dienone is 1. The fourth-order valence-corrected chi connectivity index (χ4v) is 4.94. The second-order valence-corrected chi connectivity index (χ2v) is 9.90. The van der Waals surface area contributed by atoms with E-state index in [1.54, 1.807) is 42.5 Å². The average Bonchev–Trinajstić information content (AvgIpc) is 3.17. The second-order valence-electron chi connectivity index (χ2n) is 8.50. The number of nitrogens with one attached hydrogen (secondary N) is 1. The minimum Gasteiger partial charge on any atom is -0.490 e. The number of hydrogen-bond donors (Lipinski definition) is 1. The lowest BCUT2D eigenvalue weighted by Gasteiger charge is -2.17. The van der Waals surface area contributed by atoms with Crippen molar-refractivity contribution < 1.29 is 23.9 Å². The van der Waals surface area contributed by atoms with Crippen LogP contribution in [0.2, 0.25) is 5.02 Å². The monoisotopic (exact) mass is 562 g/mol. The Kier molecular flexibility index (Phi) is 9.46. The van der Waals surface area contributed by atoms with Crippen molar-refractivity contribution in [1.82, 2.24) is 4.90 Å². The summed E-state index contributed by atoms with van der Waals surface area (Å²) in [6, 6.07) is 20.2. The molecule has 1 N–H and O–H groups in total. The first-order valence-corrected chi connectivity index (χ1v) is 13.5. The number of anilines is 1. The van der Waals surface area contributed by atoms with E-state index in [9.17, 15) is 14.4 Å². The molecular formula is C30H27ClN2O5S. The molecular weight excluding hydrogens is 536 g/mol. The number of carbonyl (C=O) groups is 3. The molecule has 0 spiro atoms. The van der Waals surface area contributed by atoms with E-state index >= 15 is 0 Å². The van der Waals surface area contributed by atoms with E-state index in [4.69, 9.17) is 21.1 Å². The van der Waals surface area contributed by atoms with Gasteiger partial charge in [0.1, 0.15) is 13.2 Å². The Labute approximate surface area is 236 Å². The summed E-state index contributed by atoms with van der Waals surface area (Å²) in [5.41, 5.74) is 2.91. The highest BCUT2D eigenvalue weighted by Gasteiger charge is 2.36. The maximum absolute atomic E-state index is 13.1. The first-order valence-electron chi connectivity index (χ1n) is 12.3. The minimum atomic E-state index is -0.549. The van der Waals surface area contributed by atoms with Gasteiger partial charge in [-0.15, -0.1) is 6.58 Å². The van der Waals surface area contributed by atoms with Crippen LogP contribution in [0.4, 0.5) is 10.5 Å². The molecule has 7 nitrogen and oxygen atoms in total. The van der Waals surface area contributed by atoms with Crippen molar-refractivity contribution in [3.05, 3.63) is 106 Å². The van der Waals surface area contributed by atoms with Gasteiger partial charge in [0, 0.05) is 5.56 Å². The van der Waals surface area contributed by atoms with Crippen molar-refractivity contribution in [2.45, 2.75) is 20.0 Å². The van der Waals surface area contributed by atoms with Crippen LogP contribution in [-0.2, 0) is 22.6 Å². The van der Waals surface area contributed by atoms with Crippen LogP contribution in [0.25, 0.3) is 6.08 Å². The molecule has 1 fully saturated rings. The number of amides is 3. The third kappa shape index (κ3) is 7.10. The molecule has 0 radical (unpaired) electrons. The largest absolute Gasteiger partial charge is 0.490 e. The van der Waals surface area contributed by atoms with Gasteiger partial charge >= 0.3 is 0 Å². The summed E-state index contributed by atoms with van der Waals surface area (Å²) >= 11 is 6.87. The third-order valence-electron chi connectivity index (χ3n) is 5.67. The van der Waals surface area contributed by atoms with Crippen LogP contribution in [0.5, 0.6) is 11.5 Å². The number of nitrogens with zero attached hydrogens (tertiary/aromatic N) is 1. The summed E-state index contributed by atoms with van der Waals surface area (Å²) in [5, 5.41) is 2.46. The maximum atomic E-state index is 13.1. The molecule has 200 valence electrons. The number of hydrogen-bond acceptors (Lipinski definition) is 6. The average molecular weight is 563 g/mol. The highest BCUT2D eigenvalue weighted by atomic mass is 35.5. The SMILES string of the molecule is C=CCc1cc(/C=C2/SC(=O)N(CC(=O)Nc3ccccc3Cl)C2=O)cc(OCC)c1OCc1ccccc1. The first kappa shape index (κ1) is 28.0. The highest BCUT2D eigenvalue weighted by molar-refractivity contribution is 8.18. The molecule has 0 atom stereocenters. The fourth-order valence-electron chi connectivity index (χ4n) is 3.91. The normalized spacial score (nSPS) is 14.0. The molecule has 39 heavy (non-hydrogen) atoms. The number of imide groups is 1. The number of para-hydroxylation sites is 1. The Hall–Kier alpha value is -4.01. The number of thioether (sulfide) groups is 1. The molecule has 0 aromatic heterocycles. The maximum Gasteiger partial charge on any atom is 0.294 e. The standard InChI is InChI=1S/C30H27ClN2O5S/c1-3-10-22-15-21(16-25(37-4-2)28(22)38-19-20-11-6-5-7-12-20)17-26-29(35)33(30(36)39-26)18-27(34)32-24-14-9-8-13-23(24)31/h3,5-9,11-17H,1,4,10,18-19H2,2H3,(H,32,34)/b26-17+. The molecule has 0 aliphatic carbocycles. The molecule has 9 heteroatoms. The fraction of sp³-hybridized carbons (Fsp3) is 0.167. The Morgan fingerprint density at radius 1 is 1.08 bits per heavy atom. The van der Waals surface area contributed by atoms with Crippen molar-refractivity contribution in [2.24, 2.45) is 0 Å². The van der Waals surface area contributed by atoms with E-state index in [-0.39, 0.29) is 4.91 Å². The molecule has 1 aliphatic heterocycles. The topological polar surface area (TPSA) is 84.9 Å². The van der Waals surface area contributed by atoms with E-state index in [0.29, 0.717) is 47.4 Å². The summed E-state index contributed by atoms with van der Waals surface area (Å²) in [5.74, 6) is 0.0462. The van der Waals surface area contributed by atoms with Gasteiger partial charge in [-0.1, -0.05) is 60.1 Å². The van der Waals surface area contributed by atoms with Crippen LogP contribution in [0.15, 0.2) is 84.3 Å². The third-order valence-corrected chi connectivity index (χ3v) is 6.90. The smallest absolute Gasteiger partial charge is 0.294 e. The van der Waals surface area contributed by atoms with E-state index in [0.717, 1.165) is 27.8 Å². The summed E-state index contributed by atoms with van der Waals surface area (Å²) in [4.78, 5) is 39.3. The van der Waals surface area contributed by atoms with Crippen LogP contribution >= 0.6 is 23.4 Å². The molecule has 3 aromatic rings. The predicted molar refractivity (Wildman–Crippen MR) is 155 cm³/mol. The number of benzene rings is 3. The Balaban J connectivity index is 1.55. The van der Waals surface area contributed by atoms with Crippen molar-refractivity contribution in [1.29, 1.82) is 0 Å². The van der Waals surface area contributed by atoms with Gasteiger partial charge in [-0.2, -0.15) is 0 Å². The van der Waals surface area contributed by atoms with Crippen LogP contribution in [0.3, 0.4) is 0 Å². The van der Waals surface area contributed by atoms with Gasteiger partial charge in [0.15, 0.2) is 11.5 Å². The minimum absolute atomic E-state index is 0.204. The van der Waals surface area contributed by atoms with Crippen molar-refractivity contribution in [3.63, 3.8) is 0 Å². The Bertz CT molecular complexity index is 1420. The van der Waals surface area contributed by atoms with Gasteiger partial charge in [-0.05, 0) is 66.6 Å². The van der Waals surface area contributed by atoms with Crippen molar-refractivity contribution >= 4 is 52.2 Å². The zero-order valence-electron chi connectivity index (χ0n) is 21.3. The number of halogens is 1. The van der Waals surface area contributed by atoms with E-state index in [2.05, 4.69) is 11.9 Å². The molecule has 1 heterocycles. The van der Waals surface area contributed by atoms with Crippen LogP contribution in [0.1, 0.15) is 23.6 Å². The summed E-state index contributed by atoms with van der Waals surface area (Å²) < 4.78 is 12.0. The molecule has 4 rings (SSSR count). The summed E-state index contributed by atoms with van der Waals surface area (Å²) in [7, 11) is 0. The highest BCUT2D eigenvalue weighted by Crippen LogP contribution is 2.38. The van der Waals surface area contributed by atoms with Gasteiger partial charge in [0.2, 0.25) is 5.91 Å². The quantitative estimate of drug-likeness (QED) is 0.206. The first-order chi connectivity index (χ1) is 18.9. The van der Waals surface area contributed by atoms with Gasteiger partial charge < -0.3 is 14.8 Å². The lowest BCUT2D eigenvalue weighted by Crippen LogP contribution is -2.36. The van der Waals surface area contributed by atoms with Gasteiger partial charge in [0.05, 0.1) is 22.2 Å². The van der Waals surface area contributed by atoms with Crippen molar-refractivity contribution in [3.8, 4) is 11.5 Å². The molecule has 1 saturated heterocycles. The molecule has 1 aliphatic rings. The van der Waals surface area contributed by atoms with Crippen molar-refractivity contribution in [2.75, 3.05) is 18.5 Å². The number of rotatable bonds is 11. The van der Waals surface area contributed by atoms with Crippen LogP contribution < -0.4 is 14.8 Å². The van der Waals surface area contributed by atoms with Crippen LogP contribution in [0, 0.1) is 0 Å². The van der Waals surface area contributed by atoms with Crippen LogP contribution in [-0.4, -0.2) is 35.1 Å². The predicted octanol–water partition coefficient (Wildman–Crippen LogP) is 6.72. The summed E-state index contributed by atoms with van der Waals surface area (Å²) in [6.07, 6.45) is 3.89. The second kappa shape index (κ2) is 13.2. The molecule has 0 saturated carbocycles. The van der Waals surface area contributed by atoms with E-state index < -0.39 is 23.6 Å². The van der Waals surface area contributed by atoms with Gasteiger partial charge in [0.25, 0.3) is 11.1 Å². The lowest BCUT2D eigenvalue weighted by atomic mass is 10.0. The lowest BCUT2D eigenvalue weighted by molar-refractivity contribution is -0.127. The van der Waals surface area contributed by atoms with Gasteiger partial charge in [-0.25, -0.2) is 0 Å². The zero-order valence-corrected chi connectivity index (χ0v) is 22.9. The van der Waals surface area contributed by atoms with Gasteiger partial charge in [-0.3, -0.25) is 19.3 Å². The summed E-state index contributed by atoms with van der Waals surface area (Å²) in [6.45, 7) is 6.07. The zero-order chi connectivity index (χ0) is 27.8. The Morgan fingerprint density at radius 2 is 1.82 bits per heavy atom. The Morgan fingerprint density at radius 3 is 2.54 bits per heavy atom. The molecule has 0 bridgehead atoms. The van der Waals surface area contributed by atoms with E-state index in [1.165, 1.54) is 0 Å². The molecule has 3 amide bonds.